The van der Waals surface area contributed by atoms with E-state index in [1.165, 1.54) is 21.5 Å². The monoisotopic (exact) mass is 703 g/mol. The summed E-state index contributed by atoms with van der Waals surface area (Å²) in [6.45, 7) is 0. The minimum Gasteiger partial charge on any atom is -0.455 e. The van der Waals surface area contributed by atoms with Crippen LogP contribution in [0.4, 0.5) is 0 Å². The molecule has 0 saturated heterocycles. The first-order chi connectivity index (χ1) is 27.3. The highest BCUT2D eigenvalue weighted by molar-refractivity contribution is 6.20. The average molecular weight is 704 g/mol. The molecule has 0 aliphatic rings. The molecule has 256 valence electrons. The van der Waals surface area contributed by atoms with E-state index in [1.807, 2.05) is 54.6 Å². The Morgan fingerprint density at radius 1 is 0.418 bits per heavy atom. The van der Waals surface area contributed by atoms with Gasteiger partial charge in [0, 0.05) is 43.8 Å². The van der Waals surface area contributed by atoms with Gasteiger partial charge in [-0.1, -0.05) is 133 Å². The summed E-state index contributed by atoms with van der Waals surface area (Å²) >= 11 is 0. The third-order valence-corrected chi connectivity index (χ3v) is 11.0. The molecule has 4 heterocycles. The van der Waals surface area contributed by atoms with Gasteiger partial charge in [0.05, 0.1) is 22.1 Å². The summed E-state index contributed by atoms with van der Waals surface area (Å²) in [6, 6.07) is 61.3. The summed E-state index contributed by atoms with van der Waals surface area (Å²) in [6.07, 6.45) is 0. The number of benzene rings is 8. The molecule has 0 spiro atoms. The maximum atomic E-state index is 6.92. The Bertz CT molecular complexity index is 3480. The summed E-state index contributed by atoms with van der Waals surface area (Å²) in [5, 5.41) is 7.89. The largest absolute Gasteiger partial charge is 0.455 e. The fraction of sp³-hybridized carbons (Fsp3) is 0. The van der Waals surface area contributed by atoms with Crippen LogP contribution in [0.3, 0.4) is 0 Å². The van der Waals surface area contributed by atoms with Crippen molar-refractivity contribution in [2.75, 3.05) is 0 Å². The highest BCUT2D eigenvalue weighted by Gasteiger charge is 2.24. The van der Waals surface area contributed by atoms with Gasteiger partial charge < -0.3 is 13.4 Å². The van der Waals surface area contributed by atoms with E-state index < -0.39 is 0 Å². The van der Waals surface area contributed by atoms with Crippen LogP contribution in [0.5, 0.6) is 0 Å². The van der Waals surface area contributed by atoms with E-state index in [1.54, 1.807) is 0 Å². The van der Waals surface area contributed by atoms with Crippen molar-refractivity contribution in [3.63, 3.8) is 0 Å². The lowest BCUT2D eigenvalue weighted by Crippen LogP contribution is -1.95. The summed E-state index contributed by atoms with van der Waals surface area (Å²) in [5.74, 6) is 0.656. The molecule has 12 aromatic rings. The topological polar surface area (TPSA) is 57.0 Å². The molecule has 12 rings (SSSR count). The first-order valence-corrected chi connectivity index (χ1v) is 18.5. The second kappa shape index (κ2) is 11.5. The molecule has 55 heavy (non-hydrogen) atoms. The zero-order valence-corrected chi connectivity index (χ0v) is 29.4. The molecule has 0 amide bonds. The minimum absolute atomic E-state index is 0.656. The van der Waals surface area contributed by atoms with Gasteiger partial charge in [0.1, 0.15) is 28.0 Å². The fourth-order valence-electron chi connectivity index (χ4n) is 8.51. The zero-order chi connectivity index (χ0) is 36.0. The lowest BCUT2D eigenvalue weighted by molar-refractivity contribution is 0.664. The van der Waals surface area contributed by atoms with Crippen molar-refractivity contribution in [2.24, 2.45) is 0 Å². The van der Waals surface area contributed by atoms with Crippen LogP contribution in [0.2, 0.25) is 0 Å². The lowest BCUT2D eigenvalue weighted by atomic mass is 9.99. The quantitative estimate of drug-likeness (QED) is 0.183. The van der Waals surface area contributed by atoms with Crippen molar-refractivity contribution < 1.29 is 8.83 Å². The third-order valence-electron chi connectivity index (χ3n) is 11.0. The van der Waals surface area contributed by atoms with Crippen LogP contribution in [-0.4, -0.2) is 14.5 Å². The predicted molar refractivity (Wildman–Crippen MR) is 225 cm³/mol. The summed E-state index contributed by atoms with van der Waals surface area (Å²) in [5.41, 5.74) is 11.7. The molecule has 0 atom stereocenters. The van der Waals surface area contributed by atoms with Crippen molar-refractivity contribution >= 4 is 76.6 Å². The number of fused-ring (bicyclic) bond motifs is 10. The number of rotatable bonds is 4. The van der Waals surface area contributed by atoms with E-state index in [2.05, 4.69) is 126 Å². The number of nitrogens with zero attached hydrogens (tertiary/aromatic N) is 3. The van der Waals surface area contributed by atoms with Gasteiger partial charge in [-0.3, -0.25) is 0 Å². The maximum Gasteiger partial charge on any atom is 0.180 e. The Balaban J connectivity index is 1.16. The normalized spacial score (nSPS) is 12.0. The van der Waals surface area contributed by atoms with Crippen molar-refractivity contribution in [1.82, 2.24) is 14.5 Å². The molecule has 0 unspecified atom stereocenters. The summed E-state index contributed by atoms with van der Waals surface area (Å²) in [7, 11) is 0. The molecule has 8 aromatic carbocycles. The number of aromatic nitrogens is 3. The Labute approximate surface area is 314 Å². The van der Waals surface area contributed by atoms with Gasteiger partial charge in [-0.25, -0.2) is 9.97 Å². The van der Waals surface area contributed by atoms with E-state index in [0.717, 1.165) is 83.1 Å². The van der Waals surface area contributed by atoms with Crippen LogP contribution in [0.15, 0.2) is 185 Å². The Hall–Kier alpha value is -7.50. The second-order valence-corrected chi connectivity index (χ2v) is 14.1. The van der Waals surface area contributed by atoms with Crippen LogP contribution >= 0.6 is 0 Å². The molecule has 0 aliphatic heterocycles. The smallest absolute Gasteiger partial charge is 0.180 e. The van der Waals surface area contributed by atoms with E-state index >= 15 is 0 Å². The molecule has 4 aromatic heterocycles. The van der Waals surface area contributed by atoms with Gasteiger partial charge in [-0.15, -0.1) is 0 Å². The Kier molecular flexibility index (Phi) is 6.27. The van der Waals surface area contributed by atoms with Gasteiger partial charge in [0.25, 0.3) is 0 Å². The van der Waals surface area contributed by atoms with Crippen LogP contribution in [0.25, 0.3) is 116 Å². The zero-order valence-electron chi connectivity index (χ0n) is 29.4. The van der Waals surface area contributed by atoms with Gasteiger partial charge >= 0.3 is 0 Å². The van der Waals surface area contributed by atoms with Crippen LogP contribution < -0.4 is 0 Å². The third kappa shape index (κ3) is 4.41. The lowest BCUT2D eigenvalue weighted by Gasteiger charge is -2.12. The summed E-state index contributed by atoms with van der Waals surface area (Å²) in [4.78, 5) is 10.2. The SMILES string of the molecule is c1ccc(-c2nc(-c3ccccc3)c3oc4c(-c5ccc(-n6c7ccccc7c7cc8ccccc8cc76)c6c5oc5ccccc56)cccc4c3n2)cc1. The molecular weight excluding hydrogens is 675 g/mol. The maximum absolute atomic E-state index is 6.92. The highest BCUT2D eigenvalue weighted by atomic mass is 16.3. The fourth-order valence-corrected chi connectivity index (χ4v) is 8.51. The van der Waals surface area contributed by atoms with Crippen molar-refractivity contribution in [2.45, 2.75) is 0 Å². The van der Waals surface area contributed by atoms with Crippen molar-refractivity contribution in [3.8, 4) is 39.5 Å². The predicted octanol–water partition coefficient (Wildman–Crippen LogP) is 13.5. The molecule has 5 heteroatoms. The van der Waals surface area contributed by atoms with Crippen LogP contribution in [0.1, 0.15) is 0 Å². The van der Waals surface area contributed by atoms with Crippen molar-refractivity contribution in [3.05, 3.63) is 176 Å². The van der Waals surface area contributed by atoms with E-state index in [0.29, 0.717) is 11.4 Å². The highest BCUT2D eigenvalue weighted by Crippen LogP contribution is 2.46. The standard InChI is InChI=1S/C50H29N3O2/c1-3-14-30(15-4-1)45-49-46(52-50(51-45)31-16-5-2-6-17-31)38-23-13-22-35(47(38)55-49)36-26-27-41(44-37-21-10-12-25-43(37)54-48(36)44)53-40-24-11-9-20-34(40)39-28-32-18-7-8-19-33(32)29-42(39)53/h1-29H. The molecule has 0 N–H and O–H groups in total. The molecule has 0 aliphatic carbocycles. The summed E-state index contributed by atoms with van der Waals surface area (Å²) < 4.78 is 16.2. The average Bonchev–Trinajstić information content (AvgIpc) is 3.93. The molecule has 0 bridgehead atoms. The van der Waals surface area contributed by atoms with Crippen LogP contribution in [-0.2, 0) is 0 Å². The van der Waals surface area contributed by atoms with Gasteiger partial charge in [0.15, 0.2) is 11.4 Å². The molecule has 0 radical (unpaired) electrons. The molecule has 0 fully saturated rings. The second-order valence-electron chi connectivity index (χ2n) is 14.1. The van der Waals surface area contributed by atoms with E-state index in [9.17, 15) is 0 Å². The van der Waals surface area contributed by atoms with E-state index in [-0.39, 0.29) is 0 Å². The first-order valence-electron chi connectivity index (χ1n) is 18.5. The molecule has 5 nitrogen and oxygen atoms in total. The van der Waals surface area contributed by atoms with Gasteiger partial charge in [-0.05, 0) is 53.2 Å². The number of hydrogen-bond acceptors (Lipinski definition) is 4. The molecular formula is C50H29N3O2. The van der Waals surface area contributed by atoms with Crippen LogP contribution in [0, 0.1) is 0 Å². The van der Waals surface area contributed by atoms with Gasteiger partial charge in [-0.2, -0.15) is 0 Å². The first kappa shape index (κ1) is 30.0. The number of furan rings is 2. The Morgan fingerprint density at radius 2 is 1.09 bits per heavy atom. The molecule has 0 saturated carbocycles. The van der Waals surface area contributed by atoms with Gasteiger partial charge in [0.2, 0.25) is 0 Å². The minimum atomic E-state index is 0.656. The Morgan fingerprint density at radius 3 is 1.93 bits per heavy atom. The number of hydrogen-bond donors (Lipinski definition) is 0. The number of para-hydroxylation sites is 3. The van der Waals surface area contributed by atoms with E-state index in [4.69, 9.17) is 18.8 Å². The van der Waals surface area contributed by atoms with Crippen molar-refractivity contribution in [1.29, 1.82) is 0 Å².